The van der Waals surface area contributed by atoms with Crippen molar-refractivity contribution in [1.29, 1.82) is 0 Å². The molecule has 6 heteroatoms. The van der Waals surface area contributed by atoms with Gasteiger partial charge < -0.3 is 9.64 Å². The number of anilines is 1. The van der Waals surface area contributed by atoms with Crippen molar-refractivity contribution in [3.63, 3.8) is 0 Å². The molecule has 0 saturated heterocycles. The maximum atomic E-state index is 12.8. The lowest BCUT2D eigenvalue weighted by Gasteiger charge is -2.22. The zero-order valence-corrected chi connectivity index (χ0v) is 17.0. The Hall–Kier alpha value is -2.70. The molecule has 1 aromatic carbocycles. The van der Waals surface area contributed by atoms with Crippen LogP contribution in [0.3, 0.4) is 0 Å². The lowest BCUT2D eigenvalue weighted by Crippen LogP contribution is -2.38. The Bertz CT molecular complexity index is 1010. The Labute approximate surface area is 171 Å². The average Bonchev–Trinajstić information content (AvgIpc) is 3.43. The van der Waals surface area contributed by atoms with Gasteiger partial charge in [0.05, 0.1) is 5.57 Å². The molecule has 1 amide bonds. The van der Waals surface area contributed by atoms with Gasteiger partial charge in [0.15, 0.2) is 6.61 Å². The summed E-state index contributed by atoms with van der Waals surface area (Å²) in [6.07, 6.45) is 2.63. The van der Waals surface area contributed by atoms with Gasteiger partial charge in [-0.15, -0.1) is 22.7 Å². The predicted molar refractivity (Wildman–Crippen MR) is 115 cm³/mol. The summed E-state index contributed by atoms with van der Waals surface area (Å²) < 4.78 is 5.43. The summed E-state index contributed by atoms with van der Waals surface area (Å²) in [5.74, 6) is -0.684. The van der Waals surface area contributed by atoms with E-state index in [9.17, 15) is 9.59 Å². The second-order valence-corrected chi connectivity index (χ2v) is 8.50. The largest absolute Gasteiger partial charge is 0.452 e. The van der Waals surface area contributed by atoms with Gasteiger partial charge in [0, 0.05) is 21.5 Å². The number of hydrogen-bond donors (Lipinski definition) is 0. The van der Waals surface area contributed by atoms with Crippen LogP contribution in [0.25, 0.3) is 11.6 Å². The van der Waals surface area contributed by atoms with Gasteiger partial charge in [-0.05, 0) is 53.9 Å². The summed E-state index contributed by atoms with van der Waals surface area (Å²) in [6, 6.07) is 15.6. The molecule has 0 aliphatic carbocycles. The van der Waals surface area contributed by atoms with E-state index in [0.717, 1.165) is 27.4 Å². The molecule has 1 aliphatic heterocycles. The van der Waals surface area contributed by atoms with Crippen LogP contribution in [0.15, 0.2) is 59.3 Å². The highest BCUT2D eigenvalue weighted by Crippen LogP contribution is 2.32. The van der Waals surface area contributed by atoms with Gasteiger partial charge in [-0.2, -0.15) is 0 Å². The second-order valence-electron chi connectivity index (χ2n) is 6.57. The summed E-state index contributed by atoms with van der Waals surface area (Å²) in [6.45, 7) is 1.73. The number of para-hydroxylation sites is 1. The normalized spacial score (nSPS) is 16.1. The lowest BCUT2D eigenvalue weighted by molar-refractivity contribution is -0.142. The minimum Gasteiger partial charge on any atom is -0.452 e. The molecule has 0 bridgehead atoms. The molecule has 1 atom stereocenters. The van der Waals surface area contributed by atoms with E-state index in [-0.39, 0.29) is 18.6 Å². The van der Waals surface area contributed by atoms with Gasteiger partial charge in [-0.25, -0.2) is 4.79 Å². The van der Waals surface area contributed by atoms with Crippen molar-refractivity contribution in [2.75, 3.05) is 11.5 Å². The van der Waals surface area contributed by atoms with Gasteiger partial charge in [0.2, 0.25) is 0 Å². The molecular formula is C22H19NO3S2. The second kappa shape index (κ2) is 8.12. The molecule has 3 heterocycles. The van der Waals surface area contributed by atoms with E-state index in [4.69, 9.17) is 4.74 Å². The number of thiophene rings is 2. The quantitative estimate of drug-likeness (QED) is 0.446. The highest BCUT2D eigenvalue weighted by molar-refractivity contribution is 7.12. The van der Waals surface area contributed by atoms with Crippen LogP contribution in [-0.4, -0.2) is 24.5 Å². The molecule has 1 aliphatic rings. The first-order valence-corrected chi connectivity index (χ1v) is 10.8. The fourth-order valence-corrected chi connectivity index (χ4v) is 4.79. The van der Waals surface area contributed by atoms with Crippen molar-refractivity contribution >= 4 is 51.9 Å². The van der Waals surface area contributed by atoms with E-state index in [2.05, 4.69) is 0 Å². The van der Waals surface area contributed by atoms with Crippen molar-refractivity contribution in [3.05, 3.63) is 74.6 Å². The Kier molecular flexibility index (Phi) is 5.41. The number of carbonyl (C=O) groups is 2. The topological polar surface area (TPSA) is 46.6 Å². The summed E-state index contributed by atoms with van der Waals surface area (Å²) in [5.41, 5.74) is 2.52. The Morgan fingerprint density at radius 3 is 2.64 bits per heavy atom. The molecule has 0 N–H and O–H groups in total. The predicted octanol–water partition coefficient (Wildman–Crippen LogP) is 4.87. The maximum absolute atomic E-state index is 12.8. The van der Waals surface area contributed by atoms with Crippen molar-refractivity contribution in [2.24, 2.45) is 0 Å². The minimum absolute atomic E-state index is 0.0574. The fourth-order valence-electron chi connectivity index (χ4n) is 3.40. The van der Waals surface area contributed by atoms with E-state index >= 15 is 0 Å². The van der Waals surface area contributed by atoms with Crippen LogP contribution in [-0.2, 0) is 20.7 Å². The standard InChI is InChI=1S/C22H19NO3S2/c1-15-12-16-6-2-3-8-19(16)23(15)21(24)14-26-22(25)18(20-9-5-11-28-20)13-17-7-4-10-27-17/h2-11,13,15H,12,14H2,1H3/b18-13+/t15-/m1/s1. The molecule has 2 aromatic heterocycles. The monoisotopic (exact) mass is 409 g/mol. The van der Waals surface area contributed by atoms with Crippen LogP contribution >= 0.6 is 22.7 Å². The molecule has 0 unspecified atom stereocenters. The molecular weight excluding hydrogens is 390 g/mol. The number of amides is 1. The van der Waals surface area contributed by atoms with Crippen LogP contribution in [0.1, 0.15) is 22.2 Å². The summed E-state index contributed by atoms with van der Waals surface area (Å²) in [5, 5.41) is 3.87. The molecule has 0 radical (unpaired) electrons. The highest BCUT2D eigenvalue weighted by atomic mass is 32.1. The zero-order chi connectivity index (χ0) is 19.5. The van der Waals surface area contributed by atoms with Crippen LogP contribution in [0.4, 0.5) is 5.69 Å². The highest BCUT2D eigenvalue weighted by Gasteiger charge is 2.31. The number of carbonyl (C=O) groups excluding carboxylic acids is 2. The van der Waals surface area contributed by atoms with E-state index in [1.165, 1.54) is 11.3 Å². The van der Waals surface area contributed by atoms with Gasteiger partial charge in [-0.3, -0.25) is 4.79 Å². The third kappa shape index (κ3) is 3.79. The van der Waals surface area contributed by atoms with Crippen LogP contribution < -0.4 is 4.90 Å². The molecule has 3 aromatic rings. The number of benzene rings is 1. The Morgan fingerprint density at radius 1 is 1.11 bits per heavy atom. The van der Waals surface area contributed by atoms with Crippen molar-refractivity contribution in [1.82, 2.24) is 0 Å². The first-order valence-electron chi connectivity index (χ1n) is 8.99. The molecule has 0 spiro atoms. The SMILES string of the molecule is C[C@@H]1Cc2ccccc2N1C(=O)COC(=O)/C(=C/c1cccs1)c1cccs1. The Balaban J connectivity index is 1.49. The smallest absolute Gasteiger partial charge is 0.340 e. The first kappa shape index (κ1) is 18.7. The minimum atomic E-state index is -0.482. The van der Waals surface area contributed by atoms with Gasteiger partial charge in [0.25, 0.3) is 5.91 Å². The Morgan fingerprint density at radius 2 is 1.89 bits per heavy atom. The summed E-state index contributed by atoms with van der Waals surface area (Å²) in [4.78, 5) is 29.1. The van der Waals surface area contributed by atoms with Gasteiger partial charge >= 0.3 is 5.97 Å². The lowest BCUT2D eigenvalue weighted by atomic mass is 10.1. The summed E-state index contributed by atoms with van der Waals surface area (Å²) in [7, 11) is 0. The van der Waals surface area contributed by atoms with E-state index in [0.29, 0.717) is 5.57 Å². The summed E-state index contributed by atoms with van der Waals surface area (Å²) >= 11 is 3.02. The van der Waals surface area contributed by atoms with E-state index in [1.54, 1.807) is 16.2 Å². The van der Waals surface area contributed by atoms with Crippen molar-refractivity contribution in [3.8, 4) is 0 Å². The molecule has 4 rings (SSSR count). The molecule has 0 saturated carbocycles. The fraction of sp³-hybridized carbons (Fsp3) is 0.182. The number of rotatable bonds is 5. The van der Waals surface area contributed by atoms with Crippen molar-refractivity contribution < 1.29 is 14.3 Å². The van der Waals surface area contributed by atoms with E-state index in [1.807, 2.05) is 72.3 Å². The average molecular weight is 410 g/mol. The van der Waals surface area contributed by atoms with E-state index < -0.39 is 5.97 Å². The zero-order valence-electron chi connectivity index (χ0n) is 15.3. The first-order chi connectivity index (χ1) is 13.6. The van der Waals surface area contributed by atoms with Crippen LogP contribution in [0.2, 0.25) is 0 Å². The molecule has 4 nitrogen and oxygen atoms in total. The number of ether oxygens (including phenoxy) is 1. The van der Waals surface area contributed by atoms with Crippen LogP contribution in [0, 0.1) is 0 Å². The molecule has 0 fully saturated rings. The van der Waals surface area contributed by atoms with Crippen molar-refractivity contribution in [2.45, 2.75) is 19.4 Å². The third-order valence-electron chi connectivity index (χ3n) is 4.64. The number of hydrogen-bond acceptors (Lipinski definition) is 5. The number of nitrogens with zero attached hydrogens (tertiary/aromatic N) is 1. The molecule has 142 valence electrons. The van der Waals surface area contributed by atoms with Gasteiger partial charge in [0.1, 0.15) is 0 Å². The maximum Gasteiger partial charge on any atom is 0.340 e. The molecule has 28 heavy (non-hydrogen) atoms. The van der Waals surface area contributed by atoms with Crippen LogP contribution in [0.5, 0.6) is 0 Å². The van der Waals surface area contributed by atoms with Gasteiger partial charge in [-0.1, -0.05) is 30.3 Å². The number of fused-ring (bicyclic) bond motifs is 1. The number of esters is 1. The third-order valence-corrected chi connectivity index (χ3v) is 6.36.